The lowest BCUT2D eigenvalue weighted by atomic mass is 10.1. The highest BCUT2D eigenvalue weighted by atomic mass is 16.5. The number of rotatable bonds is 7. The van der Waals surface area contributed by atoms with E-state index in [-0.39, 0.29) is 5.91 Å². The summed E-state index contributed by atoms with van der Waals surface area (Å²) in [5, 5.41) is 2.25. The lowest BCUT2D eigenvalue weighted by molar-refractivity contribution is -0.138. The lowest BCUT2D eigenvalue weighted by Gasteiger charge is -2.24. The van der Waals surface area contributed by atoms with Crippen molar-refractivity contribution in [3.05, 3.63) is 72.3 Å². The van der Waals surface area contributed by atoms with E-state index in [2.05, 4.69) is 6.07 Å². The van der Waals surface area contributed by atoms with Crippen LogP contribution in [-0.2, 0) is 11.3 Å². The topological polar surface area (TPSA) is 38.8 Å². The first kappa shape index (κ1) is 18.8. The standard InChI is InChI=1S/C23H25NO3/c1-4-21(27-20-14-13-17-9-5-6-10-18(17)15-20)23(25)24(2)16-19-11-7-8-12-22(19)26-3/h5-15,21H,4,16H2,1-3H3. The predicted octanol–water partition coefficient (Wildman–Crippen LogP) is 4.66. The molecule has 3 aromatic rings. The van der Waals surface area contributed by atoms with Crippen LogP contribution in [0.25, 0.3) is 10.8 Å². The summed E-state index contributed by atoms with van der Waals surface area (Å²) in [6, 6.07) is 21.7. The molecular formula is C23H25NO3. The van der Waals surface area contributed by atoms with Gasteiger partial charge in [-0.05, 0) is 35.4 Å². The van der Waals surface area contributed by atoms with Crippen molar-refractivity contribution in [2.45, 2.75) is 26.0 Å². The average Bonchev–Trinajstić information content (AvgIpc) is 2.71. The van der Waals surface area contributed by atoms with Gasteiger partial charge < -0.3 is 14.4 Å². The fraction of sp³-hybridized carbons (Fsp3) is 0.261. The van der Waals surface area contributed by atoms with Crippen LogP contribution in [0, 0.1) is 0 Å². The number of carbonyl (C=O) groups excluding carboxylic acids is 1. The Hall–Kier alpha value is -3.01. The fourth-order valence-corrected chi connectivity index (χ4v) is 3.13. The molecule has 0 aliphatic heterocycles. The molecular weight excluding hydrogens is 338 g/mol. The Kier molecular flexibility index (Phi) is 5.97. The molecule has 0 radical (unpaired) electrons. The Bertz CT molecular complexity index is 922. The van der Waals surface area contributed by atoms with Crippen molar-refractivity contribution in [3.63, 3.8) is 0 Å². The second-order valence-corrected chi connectivity index (χ2v) is 6.53. The zero-order chi connectivity index (χ0) is 19.2. The lowest BCUT2D eigenvalue weighted by Crippen LogP contribution is -2.39. The van der Waals surface area contributed by atoms with Crippen LogP contribution >= 0.6 is 0 Å². The second-order valence-electron chi connectivity index (χ2n) is 6.53. The summed E-state index contributed by atoms with van der Waals surface area (Å²) in [6.45, 7) is 2.43. The largest absolute Gasteiger partial charge is 0.496 e. The molecule has 0 aliphatic carbocycles. The summed E-state index contributed by atoms with van der Waals surface area (Å²) in [4.78, 5) is 14.6. The van der Waals surface area contributed by atoms with Gasteiger partial charge in [0.05, 0.1) is 7.11 Å². The first-order valence-electron chi connectivity index (χ1n) is 9.14. The monoisotopic (exact) mass is 363 g/mol. The third-order valence-corrected chi connectivity index (χ3v) is 4.62. The van der Waals surface area contributed by atoms with E-state index in [1.165, 1.54) is 0 Å². The average molecular weight is 363 g/mol. The number of likely N-dealkylation sites (N-methyl/N-ethyl adjacent to an activating group) is 1. The molecule has 3 aromatic carbocycles. The molecule has 0 bridgehead atoms. The molecule has 0 heterocycles. The van der Waals surface area contributed by atoms with Crippen LogP contribution in [0.2, 0.25) is 0 Å². The molecule has 27 heavy (non-hydrogen) atoms. The van der Waals surface area contributed by atoms with E-state index < -0.39 is 6.10 Å². The van der Waals surface area contributed by atoms with Gasteiger partial charge >= 0.3 is 0 Å². The number of hydrogen-bond acceptors (Lipinski definition) is 3. The molecule has 4 nitrogen and oxygen atoms in total. The number of para-hydroxylation sites is 1. The van der Waals surface area contributed by atoms with Crippen LogP contribution in [0.15, 0.2) is 66.7 Å². The maximum atomic E-state index is 12.9. The van der Waals surface area contributed by atoms with Crippen LogP contribution in [0.1, 0.15) is 18.9 Å². The number of nitrogens with zero attached hydrogens (tertiary/aromatic N) is 1. The number of ether oxygens (including phenoxy) is 2. The Balaban J connectivity index is 1.72. The van der Waals surface area contributed by atoms with Gasteiger partial charge in [0.1, 0.15) is 11.5 Å². The molecule has 0 saturated carbocycles. The molecule has 0 aromatic heterocycles. The summed E-state index contributed by atoms with van der Waals surface area (Å²) in [5.41, 5.74) is 0.969. The van der Waals surface area contributed by atoms with Gasteiger partial charge in [0, 0.05) is 19.2 Å². The molecule has 140 valence electrons. The number of benzene rings is 3. The zero-order valence-corrected chi connectivity index (χ0v) is 16.0. The number of fused-ring (bicyclic) bond motifs is 1. The highest BCUT2D eigenvalue weighted by molar-refractivity contribution is 5.84. The first-order valence-corrected chi connectivity index (χ1v) is 9.14. The molecule has 0 N–H and O–H groups in total. The summed E-state index contributed by atoms with van der Waals surface area (Å²) >= 11 is 0. The van der Waals surface area contributed by atoms with Gasteiger partial charge in [-0.1, -0.05) is 55.5 Å². The summed E-state index contributed by atoms with van der Waals surface area (Å²) in [5.74, 6) is 1.44. The normalized spacial score (nSPS) is 11.8. The maximum Gasteiger partial charge on any atom is 0.263 e. The molecule has 0 fully saturated rings. The van der Waals surface area contributed by atoms with Crippen molar-refractivity contribution in [1.82, 2.24) is 4.90 Å². The molecule has 0 aliphatic rings. The van der Waals surface area contributed by atoms with Gasteiger partial charge in [-0.3, -0.25) is 4.79 Å². The molecule has 3 rings (SSSR count). The fourth-order valence-electron chi connectivity index (χ4n) is 3.13. The van der Waals surface area contributed by atoms with Gasteiger partial charge in [0.25, 0.3) is 5.91 Å². The van der Waals surface area contributed by atoms with E-state index >= 15 is 0 Å². The van der Waals surface area contributed by atoms with Gasteiger partial charge in [-0.2, -0.15) is 0 Å². The molecule has 0 saturated heterocycles. The quantitative estimate of drug-likeness (QED) is 0.613. The SMILES string of the molecule is CCC(Oc1ccc2ccccc2c1)C(=O)N(C)Cc1ccccc1OC. The number of methoxy groups -OCH3 is 1. The third kappa shape index (κ3) is 4.40. The highest BCUT2D eigenvalue weighted by Crippen LogP contribution is 2.23. The van der Waals surface area contributed by atoms with E-state index in [0.29, 0.717) is 18.7 Å². The molecule has 1 unspecified atom stereocenters. The van der Waals surface area contributed by atoms with Crippen LogP contribution in [0.3, 0.4) is 0 Å². The zero-order valence-electron chi connectivity index (χ0n) is 16.0. The van der Waals surface area contributed by atoms with Crippen molar-refractivity contribution in [1.29, 1.82) is 0 Å². The van der Waals surface area contributed by atoms with Gasteiger partial charge in [0.2, 0.25) is 0 Å². The Labute approximate surface area is 160 Å². The molecule has 1 atom stereocenters. The number of hydrogen-bond donors (Lipinski definition) is 0. The van der Waals surface area contributed by atoms with E-state index in [1.807, 2.05) is 67.6 Å². The van der Waals surface area contributed by atoms with Gasteiger partial charge in [0.15, 0.2) is 6.10 Å². The third-order valence-electron chi connectivity index (χ3n) is 4.62. The van der Waals surface area contributed by atoms with Crippen LogP contribution in [0.5, 0.6) is 11.5 Å². The van der Waals surface area contributed by atoms with Crippen LogP contribution in [0.4, 0.5) is 0 Å². The second kappa shape index (κ2) is 8.58. The summed E-state index contributed by atoms with van der Waals surface area (Å²) in [7, 11) is 3.43. The van der Waals surface area contributed by atoms with Crippen molar-refractivity contribution in [3.8, 4) is 11.5 Å². The predicted molar refractivity (Wildman–Crippen MR) is 108 cm³/mol. The number of amides is 1. The minimum Gasteiger partial charge on any atom is -0.496 e. The van der Waals surface area contributed by atoms with Crippen molar-refractivity contribution >= 4 is 16.7 Å². The molecule has 1 amide bonds. The van der Waals surface area contributed by atoms with E-state index in [1.54, 1.807) is 19.1 Å². The van der Waals surface area contributed by atoms with E-state index in [0.717, 1.165) is 22.1 Å². The minimum absolute atomic E-state index is 0.0448. The van der Waals surface area contributed by atoms with Gasteiger partial charge in [-0.15, -0.1) is 0 Å². The van der Waals surface area contributed by atoms with Gasteiger partial charge in [-0.25, -0.2) is 0 Å². The number of carbonyl (C=O) groups is 1. The van der Waals surface area contributed by atoms with Crippen LogP contribution in [-0.4, -0.2) is 31.1 Å². The Morgan fingerprint density at radius 1 is 1.00 bits per heavy atom. The van der Waals surface area contributed by atoms with E-state index in [4.69, 9.17) is 9.47 Å². The van der Waals surface area contributed by atoms with E-state index in [9.17, 15) is 4.79 Å². The maximum absolute atomic E-state index is 12.9. The van der Waals surface area contributed by atoms with Crippen molar-refractivity contribution in [2.24, 2.45) is 0 Å². The summed E-state index contributed by atoms with van der Waals surface area (Å²) < 4.78 is 11.4. The Morgan fingerprint density at radius 3 is 2.44 bits per heavy atom. The first-order chi connectivity index (χ1) is 13.1. The summed E-state index contributed by atoms with van der Waals surface area (Å²) in [6.07, 6.45) is 0.0768. The van der Waals surface area contributed by atoms with Crippen molar-refractivity contribution in [2.75, 3.05) is 14.2 Å². The van der Waals surface area contributed by atoms with Crippen LogP contribution < -0.4 is 9.47 Å². The molecule has 0 spiro atoms. The smallest absolute Gasteiger partial charge is 0.263 e. The van der Waals surface area contributed by atoms with Crippen molar-refractivity contribution < 1.29 is 14.3 Å². The minimum atomic E-state index is -0.522. The molecule has 4 heteroatoms. The Morgan fingerprint density at radius 2 is 1.70 bits per heavy atom. The highest BCUT2D eigenvalue weighted by Gasteiger charge is 2.23.